The second-order valence-corrected chi connectivity index (χ2v) is 13.6. The molecule has 2 aliphatic rings. The molecule has 13 nitrogen and oxygen atoms in total. The minimum Gasteiger partial charge on any atom is -0.472 e. The highest BCUT2D eigenvalue weighted by Crippen LogP contribution is 2.30. The molecule has 4 heterocycles. The number of hydrogen-bond acceptors (Lipinski definition) is 9. The number of aryl methyl sites for hydroxylation is 3. The number of anilines is 1. The third kappa shape index (κ3) is 6.85. The number of benzene rings is 1. The van der Waals surface area contributed by atoms with Gasteiger partial charge in [-0.2, -0.15) is 10.1 Å². The van der Waals surface area contributed by atoms with E-state index in [1.807, 2.05) is 32.0 Å². The Balaban J connectivity index is 1.36. The molecule has 2 amide bonds. The molecule has 2 atom stereocenters. The maximum absolute atomic E-state index is 13.4. The van der Waals surface area contributed by atoms with E-state index in [1.165, 1.54) is 22.0 Å². The van der Waals surface area contributed by atoms with Crippen LogP contribution >= 0.6 is 0 Å². The Morgan fingerprint density at radius 3 is 2.50 bits per heavy atom. The topological polar surface area (TPSA) is 149 Å². The Labute approximate surface area is 256 Å². The summed E-state index contributed by atoms with van der Waals surface area (Å²) in [5.74, 6) is -0.212. The number of nitrogens with one attached hydrogen (secondary N) is 1. The molecule has 3 aromatic rings. The lowest BCUT2D eigenvalue weighted by atomic mass is 10.00. The second-order valence-electron chi connectivity index (χ2n) is 12.0. The van der Waals surface area contributed by atoms with E-state index in [9.17, 15) is 18.0 Å². The van der Waals surface area contributed by atoms with Gasteiger partial charge in [0, 0.05) is 44.4 Å². The smallest absolute Gasteiger partial charge is 0.411 e. The van der Waals surface area contributed by atoms with Crippen molar-refractivity contribution in [2.75, 3.05) is 24.4 Å². The van der Waals surface area contributed by atoms with Crippen molar-refractivity contribution >= 4 is 28.0 Å². The zero-order valence-electron chi connectivity index (χ0n) is 25.6. The van der Waals surface area contributed by atoms with Gasteiger partial charge >= 0.3 is 6.09 Å². The molecule has 2 aromatic heterocycles. The number of aromatic nitrogens is 4. The van der Waals surface area contributed by atoms with Crippen LogP contribution in [0.1, 0.15) is 38.3 Å². The van der Waals surface area contributed by atoms with Crippen molar-refractivity contribution in [3.05, 3.63) is 59.9 Å². The number of carbonyl (C=O) groups is 2. The normalized spacial score (nSPS) is 18.5. The Morgan fingerprint density at radius 2 is 1.84 bits per heavy atom. The molecule has 0 spiro atoms. The largest absolute Gasteiger partial charge is 0.472 e. The van der Waals surface area contributed by atoms with Gasteiger partial charge in [0.2, 0.25) is 17.7 Å². The molecule has 44 heavy (non-hydrogen) atoms. The molecule has 14 heteroatoms. The zero-order chi connectivity index (χ0) is 31.8. The Kier molecular flexibility index (Phi) is 8.38. The monoisotopic (exact) mass is 623 g/mol. The number of nitrogens with zero attached hydrogens (tertiary/aromatic N) is 6. The molecule has 1 fully saturated rings. The van der Waals surface area contributed by atoms with Crippen molar-refractivity contribution in [3.63, 3.8) is 0 Å². The summed E-state index contributed by atoms with van der Waals surface area (Å²) >= 11 is 0. The van der Waals surface area contributed by atoms with Gasteiger partial charge in [-0.1, -0.05) is 30.4 Å². The van der Waals surface area contributed by atoms with E-state index in [-0.39, 0.29) is 29.2 Å². The maximum Gasteiger partial charge on any atom is 0.411 e. The fourth-order valence-corrected chi connectivity index (χ4v) is 6.15. The first-order valence-corrected chi connectivity index (χ1v) is 15.8. The van der Waals surface area contributed by atoms with Gasteiger partial charge < -0.3 is 14.4 Å². The molecule has 1 aromatic carbocycles. The van der Waals surface area contributed by atoms with Crippen LogP contribution < -0.4 is 9.46 Å². The lowest BCUT2D eigenvalue weighted by Crippen LogP contribution is -2.49. The first-order chi connectivity index (χ1) is 20.7. The second kappa shape index (κ2) is 11.9. The third-order valence-corrected chi connectivity index (χ3v) is 8.52. The van der Waals surface area contributed by atoms with E-state index in [2.05, 4.69) is 19.8 Å². The van der Waals surface area contributed by atoms with Crippen LogP contribution in [0.25, 0.3) is 11.3 Å². The molecule has 0 saturated carbocycles. The standard InChI is InChI=1S/C30H37N7O6S/c1-19-9-7-10-20(2)26(19)23-15-25(33-28(32-23)34-44(40,41)22-16-31-35(6)18-22)42-21-12-14-36(17-21)27(38)24-11-8-13-37(24)29(39)43-30(3,4)5/h7-11,15-16,18,21,24H,12-14,17H2,1-6H3,(H,32,33,34)/t21?,24-/m0/s1. The number of rotatable bonds is 7. The first-order valence-electron chi connectivity index (χ1n) is 14.3. The Morgan fingerprint density at radius 1 is 1.11 bits per heavy atom. The minimum atomic E-state index is -4.02. The molecule has 1 unspecified atom stereocenters. The van der Waals surface area contributed by atoms with Crippen molar-refractivity contribution in [3.8, 4) is 17.1 Å². The number of ether oxygens (including phenoxy) is 2. The molecule has 0 bridgehead atoms. The van der Waals surface area contributed by atoms with Gasteiger partial charge in [-0.25, -0.2) is 22.9 Å². The van der Waals surface area contributed by atoms with Crippen LogP contribution in [-0.4, -0.2) is 87.3 Å². The van der Waals surface area contributed by atoms with Crippen molar-refractivity contribution in [2.24, 2.45) is 7.05 Å². The van der Waals surface area contributed by atoms with E-state index in [0.717, 1.165) is 16.7 Å². The maximum atomic E-state index is 13.4. The van der Waals surface area contributed by atoms with E-state index in [4.69, 9.17) is 9.47 Å². The van der Waals surface area contributed by atoms with Crippen molar-refractivity contribution in [2.45, 2.75) is 63.7 Å². The zero-order valence-corrected chi connectivity index (χ0v) is 26.5. The predicted octanol–water partition coefficient (Wildman–Crippen LogP) is 3.45. The predicted molar refractivity (Wildman–Crippen MR) is 162 cm³/mol. The molecule has 234 valence electrons. The highest BCUT2D eigenvalue weighted by molar-refractivity contribution is 7.92. The molecule has 1 saturated heterocycles. The summed E-state index contributed by atoms with van der Waals surface area (Å²) in [6.45, 7) is 10.2. The summed E-state index contributed by atoms with van der Waals surface area (Å²) < 4.78 is 41.7. The van der Waals surface area contributed by atoms with Gasteiger partial charge in [0.05, 0.1) is 18.4 Å². The number of sulfonamides is 1. The average Bonchev–Trinajstić information content (AvgIpc) is 3.68. The van der Waals surface area contributed by atoms with Crippen LogP contribution in [0.5, 0.6) is 5.88 Å². The van der Waals surface area contributed by atoms with E-state index >= 15 is 0 Å². The summed E-state index contributed by atoms with van der Waals surface area (Å²) in [7, 11) is -2.40. The Hall–Kier alpha value is -4.46. The minimum absolute atomic E-state index is 0.0325. The quantitative estimate of drug-likeness (QED) is 0.391. The Bertz CT molecular complexity index is 1690. The van der Waals surface area contributed by atoms with Crippen LogP contribution in [0.3, 0.4) is 0 Å². The van der Waals surface area contributed by atoms with Crippen molar-refractivity contribution < 1.29 is 27.5 Å². The molecule has 5 rings (SSSR count). The summed E-state index contributed by atoms with van der Waals surface area (Å²) in [4.78, 5) is 38.1. The van der Waals surface area contributed by atoms with Crippen molar-refractivity contribution in [1.82, 2.24) is 29.5 Å². The van der Waals surface area contributed by atoms with E-state index < -0.39 is 33.9 Å². The molecule has 0 radical (unpaired) electrons. The van der Waals surface area contributed by atoms with E-state index in [0.29, 0.717) is 25.2 Å². The van der Waals surface area contributed by atoms with Gasteiger partial charge in [0.1, 0.15) is 22.6 Å². The van der Waals surface area contributed by atoms with Crippen LogP contribution in [-0.2, 0) is 26.6 Å². The fraction of sp³-hybridized carbons (Fsp3) is 0.433. The number of likely N-dealkylation sites (tertiary alicyclic amines) is 1. The molecule has 2 aliphatic heterocycles. The first kappa shape index (κ1) is 31.0. The van der Waals surface area contributed by atoms with Crippen LogP contribution in [0.2, 0.25) is 0 Å². The fourth-order valence-electron chi connectivity index (χ4n) is 5.22. The molecular formula is C30H37N7O6S. The summed E-state index contributed by atoms with van der Waals surface area (Å²) in [6.07, 6.45) is 5.67. The SMILES string of the molecule is Cc1cccc(C)c1-c1cc(OC2CCN(C(=O)[C@@H]3C=CCN3C(=O)OC(C)(C)C)C2)nc(NS(=O)(=O)c2cnn(C)c2)n1. The summed E-state index contributed by atoms with van der Waals surface area (Å²) in [5.41, 5.74) is 2.54. The molecular weight excluding hydrogens is 586 g/mol. The lowest BCUT2D eigenvalue weighted by Gasteiger charge is -2.30. The van der Waals surface area contributed by atoms with Crippen LogP contribution in [0, 0.1) is 13.8 Å². The average molecular weight is 624 g/mol. The van der Waals surface area contributed by atoms with Crippen LogP contribution in [0.4, 0.5) is 10.7 Å². The number of amides is 2. The molecule has 0 aliphatic carbocycles. The summed E-state index contributed by atoms with van der Waals surface area (Å²) in [5, 5.41) is 3.95. The number of carbonyl (C=O) groups excluding carboxylic acids is 2. The number of hydrogen-bond donors (Lipinski definition) is 1. The third-order valence-electron chi connectivity index (χ3n) is 7.24. The lowest BCUT2D eigenvalue weighted by molar-refractivity contribution is -0.134. The highest BCUT2D eigenvalue weighted by atomic mass is 32.2. The van der Waals surface area contributed by atoms with Gasteiger partial charge in [0.15, 0.2) is 0 Å². The summed E-state index contributed by atoms with van der Waals surface area (Å²) in [6, 6.07) is 6.75. The highest BCUT2D eigenvalue weighted by Gasteiger charge is 2.38. The van der Waals surface area contributed by atoms with Crippen LogP contribution in [0.15, 0.2) is 53.7 Å². The van der Waals surface area contributed by atoms with Crippen molar-refractivity contribution in [1.29, 1.82) is 0 Å². The van der Waals surface area contributed by atoms with Gasteiger partial charge in [-0.3, -0.25) is 14.4 Å². The van der Waals surface area contributed by atoms with Gasteiger partial charge in [-0.15, -0.1) is 0 Å². The van der Waals surface area contributed by atoms with Gasteiger partial charge in [-0.05, 0) is 45.7 Å². The van der Waals surface area contributed by atoms with Gasteiger partial charge in [0.25, 0.3) is 10.0 Å². The van der Waals surface area contributed by atoms with E-state index in [1.54, 1.807) is 50.9 Å². The molecule has 1 N–H and O–H groups in total.